The average Bonchev–Trinajstić information content (AvgIpc) is 2.67. The lowest BCUT2D eigenvalue weighted by atomic mass is 10.0. The first-order valence-corrected chi connectivity index (χ1v) is 8.90. The summed E-state index contributed by atoms with van der Waals surface area (Å²) in [6.07, 6.45) is 1.82. The van der Waals surface area contributed by atoms with Crippen molar-refractivity contribution in [3.63, 3.8) is 0 Å². The van der Waals surface area contributed by atoms with Gasteiger partial charge in [-0.3, -0.25) is 4.98 Å². The molecule has 3 aromatic carbocycles. The van der Waals surface area contributed by atoms with Gasteiger partial charge in [-0.2, -0.15) is 0 Å². The van der Waals surface area contributed by atoms with Crippen LogP contribution in [0.3, 0.4) is 0 Å². The third-order valence-electron chi connectivity index (χ3n) is 4.08. The number of hydrogen-bond acceptors (Lipinski definition) is 2. The summed E-state index contributed by atoms with van der Waals surface area (Å²) in [5.74, 6) is 0.880. The van der Waals surface area contributed by atoms with Gasteiger partial charge < -0.3 is 4.74 Å². The number of rotatable bonds is 4. The second-order valence-electron chi connectivity index (χ2n) is 5.86. The van der Waals surface area contributed by atoms with Crippen molar-refractivity contribution in [3.05, 3.63) is 95.1 Å². The summed E-state index contributed by atoms with van der Waals surface area (Å²) in [6, 6.07) is 26.8. The van der Waals surface area contributed by atoms with E-state index >= 15 is 0 Å². The highest BCUT2D eigenvalue weighted by Gasteiger charge is 2.03. The van der Waals surface area contributed by atoms with Crippen LogP contribution in [0.5, 0.6) is 5.75 Å². The van der Waals surface area contributed by atoms with Gasteiger partial charge in [0.25, 0.3) is 0 Å². The van der Waals surface area contributed by atoms with Gasteiger partial charge in [0.2, 0.25) is 0 Å². The van der Waals surface area contributed by atoms with E-state index in [-0.39, 0.29) is 0 Å². The highest BCUT2D eigenvalue weighted by molar-refractivity contribution is 9.10. The molecule has 122 valence electrons. The Hall–Kier alpha value is -2.65. The fourth-order valence-corrected chi connectivity index (χ4v) is 2.99. The molecule has 3 heteroatoms. The maximum absolute atomic E-state index is 5.91. The highest BCUT2D eigenvalue weighted by atomic mass is 79.9. The second-order valence-corrected chi connectivity index (χ2v) is 6.78. The van der Waals surface area contributed by atoms with Crippen LogP contribution in [-0.2, 0) is 6.61 Å². The van der Waals surface area contributed by atoms with Crippen molar-refractivity contribution in [2.75, 3.05) is 0 Å². The molecule has 0 aliphatic rings. The Labute approximate surface area is 155 Å². The first-order chi connectivity index (χ1) is 12.3. The Morgan fingerprint density at radius 2 is 1.60 bits per heavy atom. The number of pyridine rings is 1. The normalized spacial score (nSPS) is 10.8. The van der Waals surface area contributed by atoms with Crippen LogP contribution in [0, 0.1) is 0 Å². The Balaban J connectivity index is 1.57. The van der Waals surface area contributed by atoms with Crippen LogP contribution in [0.25, 0.3) is 22.0 Å². The maximum Gasteiger partial charge on any atom is 0.120 e. The van der Waals surface area contributed by atoms with Gasteiger partial charge in [0.05, 0.1) is 5.69 Å². The van der Waals surface area contributed by atoms with Crippen molar-refractivity contribution >= 4 is 26.7 Å². The smallest absolute Gasteiger partial charge is 0.120 e. The van der Waals surface area contributed by atoms with Gasteiger partial charge in [-0.15, -0.1) is 0 Å². The van der Waals surface area contributed by atoms with E-state index in [2.05, 4.69) is 63.4 Å². The summed E-state index contributed by atoms with van der Waals surface area (Å²) in [5.41, 5.74) is 3.24. The second kappa shape index (κ2) is 7.08. The number of benzene rings is 3. The Kier molecular flexibility index (Phi) is 4.49. The van der Waals surface area contributed by atoms with Gasteiger partial charge in [0.1, 0.15) is 12.4 Å². The van der Waals surface area contributed by atoms with E-state index in [1.807, 2.05) is 42.6 Å². The molecule has 1 heterocycles. The quantitative estimate of drug-likeness (QED) is 0.411. The van der Waals surface area contributed by atoms with E-state index in [0.717, 1.165) is 26.9 Å². The summed E-state index contributed by atoms with van der Waals surface area (Å²) < 4.78 is 6.89. The van der Waals surface area contributed by atoms with Gasteiger partial charge in [-0.25, -0.2) is 0 Å². The fraction of sp³-hybridized carbons (Fsp3) is 0.0455. The molecule has 0 amide bonds. The number of aromatic nitrogens is 1. The maximum atomic E-state index is 5.91. The Bertz CT molecular complexity index is 997. The first-order valence-electron chi connectivity index (χ1n) is 8.10. The zero-order chi connectivity index (χ0) is 17.1. The number of ether oxygens (including phenoxy) is 1. The van der Waals surface area contributed by atoms with E-state index in [4.69, 9.17) is 4.74 Å². The van der Waals surface area contributed by atoms with E-state index < -0.39 is 0 Å². The molecule has 0 aliphatic heterocycles. The highest BCUT2D eigenvalue weighted by Crippen LogP contribution is 2.27. The van der Waals surface area contributed by atoms with Crippen molar-refractivity contribution in [1.29, 1.82) is 0 Å². The molecule has 0 saturated carbocycles. The van der Waals surface area contributed by atoms with Crippen molar-refractivity contribution in [2.24, 2.45) is 0 Å². The van der Waals surface area contributed by atoms with Crippen molar-refractivity contribution in [3.8, 4) is 17.0 Å². The number of nitrogens with zero attached hydrogens (tertiary/aromatic N) is 1. The molecule has 0 fully saturated rings. The van der Waals surface area contributed by atoms with E-state index in [0.29, 0.717) is 6.61 Å². The minimum atomic E-state index is 0.577. The van der Waals surface area contributed by atoms with Crippen molar-refractivity contribution < 1.29 is 4.74 Å². The summed E-state index contributed by atoms with van der Waals surface area (Å²) in [7, 11) is 0. The van der Waals surface area contributed by atoms with E-state index in [1.54, 1.807) is 0 Å². The topological polar surface area (TPSA) is 22.1 Å². The molecule has 25 heavy (non-hydrogen) atoms. The average molecular weight is 390 g/mol. The van der Waals surface area contributed by atoms with E-state index in [1.165, 1.54) is 10.9 Å². The fourth-order valence-electron chi connectivity index (χ4n) is 2.76. The van der Waals surface area contributed by atoms with Crippen LogP contribution >= 0.6 is 15.9 Å². The molecule has 0 bridgehead atoms. The van der Waals surface area contributed by atoms with E-state index in [9.17, 15) is 0 Å². The third kappa shape index (κ3) is 3.72. The van der Waals surface area contributed by atoms with Gasteiger partial charge in [0, 0.05) is 16.2 Å². The van der Waals surface area contributed by atoms with Crippen LogP contribution in [0.4, 0.5) is 0 Å². The summed E-state index contributed by atoms with van der Waals surface area (Å²) in [4.78, 5) is 4.46. The van der Waals surface area contributed by atoms with Crippen molar-refractivity contribution in [1.82, 2.24) is 4.98 Å². The molecular weight excluding hydrogens is 374 g/mol. The molecule has 0 saturated heterocycles. The van der Waals surface area contributed by atoms with Crippen LogP contribution < -0.4 is 4.74 Å². The Morgan fingerprint density at radius 3 is 2.40 bits per heavy atom. The lowest BCUT2D eigenvalue weighted by Gasteiger charge is -2.08. The van der Waals surface area contributed by atoms with Gasteiger partial charge in [0.15, 0.2) is 0 Å². The van der Waals surface area contributed by atoms with Gasteiger partial charge in [-0.05, 0) is 62.6 Å². The lowest BCUT2D eigenvalue weighted by molar-refractivity contribution is 0.306. The van der Waals surface area contributed by atoms with Crippen molar-refractivity contribution in [2.45, 2.75) is 6.61 Å². The molecule has 4 rings (SSSR count). The largest absolute Gasteiger partial charge is 0.489 e. The zero-order valence-electron chi connectivity index (χ0n) is 13.5. The number of fused-ring (bicyclic) bond motifs is 1. The molecule has 0 radical (unpaired) electrons. The SMILES string of the molecule is Brc1ccc(-c2ccc3cc(OCc4ccccc4)ccc3c2)nc1. The van der Waals surface area contributed by atoms with Crippen LogP contribution in [0.1, 0.15) is 5.56 Å². The molecule has 2 nitrogen and oxygen atoms in total. The molecule has 0 spiro atoms. The minimum Gasteiger partial charge on any atom is -0.489 e. The molecule has 0 aliphatic carbocycles. The predicted octanol–water partition coefficient (Wildman–Crippen LogP) is 6.24. The van der Waals surface area contributed by atoms with Crippen LogP contribution in [-0.4, -0.2) is 4.98 Å². The van der Waals surface area contributed by atoms with Crippen LogP contribution in [0.2, 0.25) is 0 Å². The number of hydrogen-bond donors (Lipinski definition) is 0. The standard InChI is InChI=1S/C22H16BrNO/c23-20-9-11-22(24-14-20)19-7-6-18-13-21(10-8-17(18)12-19)25-15-16-4-2-1-3-5-16/h1-14H,15H2. The van der Waals surface area contributed by atoms with Crippen LogP contribution in [0.15, 0.2) is 89.5 Å². The molecule has 0 N–H and O–H groups in total. The zero-order valence-corrected chi connectivity index (χ0v) is 15.1. The molecule has 0 unspecified atom stereocenters. The predicted molar refractivity (Wildman–Crippen MR) is 106 cm³/mol. The number of halogens is 1. The molecular formula is C22H16BrNO. The summed E-state index contributed by atoms with van der Waals surface area (Å²) >= 11 is 3.42. The molecule has 4 aromatic rings. The minimum absolute atomic E-state index is 0.577. The molecule has 0 atom stereocenters. The summed E-state index contributed by atoms with van der Waals surface area (Å²) in [6.45, 7) is 0.577. The summed E-state index contributed by atoms with van der Waals surface area (Å²) in [5, 5.41) is 2.33. The monoisotopic (exact) mass is 389 g/mol. The molecule has 1 aromatic heterocycles. The third-order valence-corrected chi connectivity index (χ3v) is 4.55. The van der Waals surface area contributed by atoms with Gasteiger partial charge in [-0.1, -0.05) is 48.5 Å². The lowest BCUT2D eigenvalue weighted by Crippen LogP contribution is -1.94. The first kappa shape index (κ1) is 15.9. The Morgan fingerprint density at radius 1 is 0.800 bits per heavy atom. The van der Waals surface area contributed by atoms with Gasteiger partial charge >= 0.3 is 0 Å².